The van der Waals surface area contributed by atoms with E-state index in [-0.39, 0.29) is 5.91 Å². The molecule has 0 bridgehead atoms. The van der Waals surface area contributed by atoms with Crippen molar-refractivity contribution in [1.82, 2.24) is 15.3 Å². The summed E-state index contributed by atoms with van der Waals surface area (Å²) >= 11 is 0. The molecule has 15 heavy (non-hydrogen) atoms. The molecule has 1 aliphatic rings. The van der Waals surface area contributed by atoms with E-state index in [1.165, 1.54) is 0 Å². The lowest BCUT2D eigenvalue weighted by molar-refractivity contribution is 0.0966. The summed E-state index contributed by atoms with van der Waals surface area (Å²) in [5, 5.41) is 2.79. The Morgan fingerprint density at radius 2 is 2.27 bits per heavy atom. The molecule has 74 valence electrons. The van der Waals surface area contributed by atoms with Crippen LogP contribution in [-0.2, 0) is 6.54 Å². The second kappa shape index (κ2) is 2.95. The molecule has 1 aromatic heterocycles. The molecule has 4 nitrogen and oxygen atoms in total. The van der Waals surface area contributed by atoms with Gasteiger partial charge in [-0.1, -0.05) is 12.1 Å². The van der Waals surface area contributed by atoms with Crippen LogP contribution < -0.4 is 5.32 Å². The van der Waals surface area contributed by atoms with E-state index >= 15 is 0 Å². The van der Waals surface area contributed by atoms with Gasteiger partial charge in [0.05, 0.1) is 12.0 Å². The smallest absolute Gasteiger partial charge is 0.251 e. The van der Waals surface area contributed by atoms with Crippen molar-refractivity contribution in [3.8, 4) is 11.3 Å². The fourth-order valence-corrected chi connectivity index (χ4v) is 1.79. The van der Waals surface area contributed by atoms with Gasteiger partial charge in [-0.3, -0.25) is 4.79 Å². The topological polar surface area (TPSA) is 57.8 Å². The SMILES string of the molecule is O=C1NCc2ccc(-c3c[nH]cn3)cc21. The molecule has 0 aliphatic carbocycles. The Morgan fingerprint density at radius 3 is 3.07 bits per heavy atom. The number of carbonyl (C=O) groups excluding carboxylic acids is 1. The lowest BCUT2D eigenvalue weighted by atomic mass is 10.0. The van der Waals surface area contributed by atoms with Crippen LogP contribution in [-0.4, -0.2) is 15.9 Å². The van der Waals surface area contributed by atoms with Crippen molar-refractivity contribution in [2.24, 2.45) is 0 Å². The van der Waals surface area contributed by atoms with Gasteiger partial charge < -0.3 is 10.3 Å². The maximum Gasteiger partial charge on any atom is 0.251 e. The van der Waals surface area contributed by atoms with Gasteiger partial charge in [0, 0.05) is 23.9 Å². The van der Waals surface area contributed by atoms with Gasteiger partial charge in [-0.25, -0.2) is 4.98 Å². The molecule has 2 heterocycles. The minimum Gasteiger partial charge on any atom is -0.351 e. The van der Waals surface area contributed by atoms with E-state index in [2.05, 4.69) is 15.3 Å². The quantitative estimate of drug-likeness (QED) is 0.727. The van der Waals surface area contributed by atoms with E-state index < -0.39 is 0 Å². The summed E-state index contributed by atoms with van der Waals surface area (Å²) < 4.78 is 0. The summed E-state index contributed by atoms with van der Waals surface area (Å²) in [6, 6.07) is 5.83. The number of H-pyrrole nitrogens is 1. The van der Waals surface area contributed by atoms with Gasteiger partial charge >= 0.3 is 0 Å². The first-order valence-electron chi connectivity index (χ1n) is 4.75. The number of benzene rings is 1. The third kappa shape index (κ3) is 1.22. The number of imidazole rings is 1. The van der Waals surface area contributed by atoms with Crippen LogP contribution in [0.1, 0.15) is 15.9 Å². The van der Waals surface area contributed by atoms with Gasteiger partial charge in [-0.2, -0.15) is 0 Å². The summed E-state index contributed by atoms with van der Waals surface area (Å²) in [6.45, 7) is 0.634. The highest BCUT2D eigenvalue weighted by molar-refractivity contribution is 5.99. The van der Waals surface area contributed by atoms with Gasteiger partial charge in [0.1, 0.15) is 0 Å². The van der Waals surface area contributed by atoms with Crippen LogP contribution in [0.5, 0.6) is 0 Å². The normalized spacial score (nSPS) is 13.7. The average Bonchev–Trinajstić information content (AvgIpc) is 2.88. The van der Waals surface area contributed by atoms with E-state index in [9.17, 15) is 4.79 Å². The van der Waals surface area contributed by atoms with Gasteiger partial charge in [0.2, 0.25) is 0 Å². The molecule has 0 radical (unpaired) electrons. The first-order valence-corrected chi connectivity index (χ1v) is 4.75. The molecule has 0 atom stereocenters. The molecule has 2 aromatic rings. The minimum atomic E-state index is 0.00221. The zero-order valence-electron chi connectivity index (χ0n) is 7.95. The van der Waals surface area contributed by atoms with Gasteiger partial charge in [-0.05, 0) is 11.6 Å². The van der Waals surface area contributed by atoms with Crippen molar-refractivity contribution in [3.05, 3.63) is 41.9 Å². The number of aromatic amines is 1. The van der Waals surface area contributed by atoms with Crippen LogP contribution in [0, 0.1) is 0 Å². The number of rotatable bonds is 1. The van der Waals surface area contributed by atoms with Crippen molar-refractivity contribution in [1.29, 1.82) is 0 Å². The van der Waals surface area contributed by atoms with Gasteiger partial charge in [0.25, 0.3) is 5.91 Å². The summed E-state index contributed by atoms with van der Waals surface area (Å²) in [5.41, 5.74) is 3.64. The van der Waals surface area contributed by atoms with Gasteiger partial charge in [-0.15, -0.1) is 0 Å². The van der Waals surface area contributed by atoms with Crippen molar-refractivity contribution in [2.75, 3.05) is 0 Å². The molecule has 0 fully saturated rings. The predicted octanol–water partition coefficient (Wildman–Crippen LogP) is 1.32. The summed E-state index contributed by atoms with van der Waals surface area (Å²) in [7, 11) is 0. The Hall–Kier alpha value is -2.10. The number of hydrogen-bond acceptors (Lipinski definition) is 2. The average molecular weight is 199 g/mol. The lowest BCUT2D eigenvalue weighted by Crippen LogP contribution is -2.12. The van der Waals surface area contributed by atoms with Crippen molar-refractivity contribution < 1.29 is 4.79 Å². The molecule has 1 aliphatic heterocycles. The van der Waals surface area contributed by atoms with Crippen molar-refractivity contribution in [3.63, 3.8) is 0 Å². The van der Waals surface area contributed by atoms with E-state index in [1.807, 2.05) is 24.4 Å². The second-order valence-electron chi connectivity index (χ2n) is 3.51. The first-order chi connectivity index (χ1) is 7.34. The number of hydrogen-bond donors (Lipinski definition) is 2. The lowest BCUT2D eigenvalue weighted by Gasteiger charge is -1.99. The standard InChI is InChI=1S/C11H9N3O/c15-11-9-3-7(10-5-12-6-14-10)1-2-8(9)4-13-11/h1-3,5-6H,4H2,(H,12,14)(H,13,15). The highest BCUT2D eigenvalue weighted by Gasteiger charge is 2.19. The number of fused-ring (bicyclic) bond motifs is 1. The predicted molar refractivity (Wildman–Crippen MR) is 55.2 cm³/mol. The number of nitrogens with zero attached hydrogens (tertiary/aromatic N) is 1. The molecule has 0 spiro atoms. The van der Waals surface area contributed by atoms with E-state index in [0.29, 0.717) is 6.54 Å². The fraction of sp³-hybridized carbons (Fsp3) is 0.0909. The van der Waals surface area contributed by atoms with Crippen LogP contribution >= 0.6 is 0 Å². The highest BCUT2D eigenvalue weighted by Crippen LogP contribution is 2.23. The number of aromatic nitrogens is 2. The van der Waals surface area contributed by atoms with E-state index in [4.69, 9.17) is 0 Å². The van der Waals surface area contributed by atoms with Crippen LogP contribution in [0.2, 0.25) is 0 Å². The van der Waals surface area contributed by atoms with E-state index in [0.717, 1.165) is 22.4 Å². The summed E-state index contributed by atoms with van der Waals surface area (Å²) in [4.78, 5) is 18.5. The maximum atomic E-state index is 11.4. The van der Waals surface area contributed by atoms with Crippen LogP contribution in [0.15, 0.2) is 30.7 Å². The Morgan fingerprint density at radius 1 is 1.33 bits per heavy atom. The zero-order valence-corrected chi connectivity index (χ0v) is 7.95. The van der Waals surface area contributed by atoms with E-state index in [1.54, 1.807) is 6.33 Å². The number of carbonyl (C=O) groups is 1. The molecule has 1 amide bonds. The molecule has 0 saturated carbocycles. The maximum absolute atomic E-state index is 11.4. The van der Waals surface area contributed by atoms with Gasteiger partial charge in [0.15, 0.2) is 0 Å². The first kappa shape index (κ1) is 8.23. The minimum absolute atomic E-state index is 0.00221. The van der Waals surface area contributed by atoms with Crippen LogP contribution in [0.3, 0.4) is 0 Å². The van der Waals surface area contributed by atoms with Crippen LogP contribution in [0.25, 0.3) is 11.3 Å². The summed E-state index contributed by atoms with van der Waals surface area (Å²) in [6.07, 6.45) is 3.44. The Balaban J connectivity index is 2.13. The largest absolute Gasteiger partial charge is 0.351 e. The fourth-order valence-electron chi connectivity index (χ4n) is 1.79. The summed E-state index contributed by atoms with van der Waals surface area (Å²) in [5.74, 6) is 0.00221. The molecule has 0 unspecified atom stereocenters. The Kier molecular flexibility index (Phi) is 1.62. The second-order valence-corrected chi connectivity index (χ2v) is 3.51. The molecule has 4 heteroatoms. The number of amides is 1. The molecule has 3 rings (SSSR count). The van der Waals surface area contributed by atoms with Crippen molar-refractivity contribution >= 4 is 5.91 Å². The van der Waals surface area contributed by atoms with Crippen LogP contribution in [0.4, 0.5) is 0 Å². The van der Waals surface area contributed by atoms with Crippen molar-refractivity contribution in [2.45, 2.75) is 6.54 Å². The monoisotopic (exact) mass is 199 g/mol. The number of nitrogens with one attached hydrogen (secondary N) is 2. The molecule has 2 N–H and O–H groups in total. The third-order valence-corrected chi connectivity index (χ3v) is 2.59. The molecule has 0 saturated heterocycles. The third-order valence-electron chi connectivity index (χ3n) is 2.59. The Labute approximate surface area is 86.4 Å². The highest BCUT2D eigenvalue weighted by atomic mass is 16.1. The zero-order chi connectivity index (χ0) is 10.3. The molecular weight excluding hydrogens is 190 g/mol. The Bertz CT molecular complexity index is 517. The molecule has 1 aromatic carbocycles. The molecular formula is C11H9N3O.